The summed E-state index contributed by atoms with van der Waals surface area (Å²) in [4.78, 5) is 27.8. The normalized spacial score (nSPS) is 10.5. The van der Waals surface area contributed by atoms with Gasteiger partial charge in [-0.3, -0.25) is 14.3 Å². The van der Waals surface area contributed by atoms with Gasteiger partial charge in [0, 0.05) is 19.8 Å². The molecule has 2 rings (SSSR count). The molecule has 2 heterocycles. The van der Waals surface area contributed by atoms with Crippen LogP contribution in [0.1, 0.15) is 13.3 Å². The quantitative estimate of drug-likeness (QED) is 0.843. The van der Waals surface area contributed by atoms with Gasteiger partial charge in [-0.1, -0.05) is 13.0 Å². The average Bonchev–Trinajstić information content (AvgIpc) is 2.74. The van der Waals surface area contributed by atoms with Crippen LogP contribution < -0.4 is 11.0 Å². The van der Waals surface area contributed by atoms with Crippen molar-refractivity contribution in [2.75, 3.05) is 6.54 Å². The van der Waals surface area contributed by atoms with Crippen LogP contribution in [0.15, 0.2) is 29.2 Å². The molecule has 20 heavy (non-hydrogen) atoms. The van der Waals surface area contributed by atoms with Crippen molar-refractivity contribution < 1.29 is 4.79 Å². The molecule has 0 saturated carbocycles. The van der Waals surface area contributed by atoms with Crippen LogP contribution in [0.25, 0.3) is 11.5 Å². The Labute approximate surface area is 116 Å². The van der Waals surface area contributed by atoms with Gasteiger partial charge in [0.05, 0.1) is 0 Å². The van der Waals surface area contributed by atoms with Crippen LogP contribution in [0.4, 0.5) is 0 Å². The van der Waals surface area contributed by atoms with Crippen LogP contribution in [0.3, 0.4) is 0 Å². The minimum Gasteiger partial charge on any atom is -0.355 e. The van der Waals surface area contributed by atoms with Gasteiger partial charge in [0.15, 0.2) is 5.82 Å². The van der Waals surface area contributed by atoms with Gasteiger partial charge in [0.25, 0.3) is 0 Å². The summed E-state index contributed by atoms with van der Waals surface area (Å²) in [7, 11) is 1.61. The van der Waals surface area contributed by atoms with Crippen molar-refractivity contribution in [3.8, 4) is 11.5 Å². The van der Waals surface area contributed by atoms with Crippen LogP contribution in [0, 0.1) is 0 Å². The zero-order chi connectivity index (χ0) is 14.5. The van der Waals surface area contributed by atoms with E-state index in [0.29, 0.717) is 18.1 Å². The molecule has 0 unspecified atom stereocenters. The molecule has 106 valence electrons. The fourth-order valence-corrected chi connectivity index (χ4v) is 1.77. The number of carbonyl (C=O) groups excluding carboxylic acids is 1. The molecular weight excluding hydrogens is 258 g/mol. The Morgan fingerprint density at radius 3 is 2.85 bits per heavy atom. The minimum absolute atomic E-state index is 0.0838. The van der Waals surface area contributed by atoms with Gasteiger partial charge in [-0.25, -0.2) is 9.48 Å². The molecular formula is C13H17N5O2. The number of carbonyl (C=O) groups is 1. The molecule has 0 spiro atoms. The SMILES string of the molecule is CCCNC(=O)Cn1nc(-c2ccccn2)n(C)c1=O. The Bertz CT molecular complexity index is 645. The van der Waals surface area contributed by atoms with Gasteiger partial charge in [0.2, 0.25) is 5.91 Å². The number of amides is 1. The highest BCUT2D eigenvalue weighted by atomic mass is 16.2. The summed E-state index contributed by atoms with van der Waals surface area (Å²) in [5, 5.41) is 6.88. The molecule has 0 radical (unpaired) electrons. The number of pyridine rings is 1. The van der Waals surface area contributed by atoms with Crippen molar-refractivity contribution in [3.63, 3.8) is 0 Å². The summed E-state index contributed by atoms with van der Waals surface area (Å²) >= 11 is 0. The second-order valence-electron chi connectivity index (χ2n) is 4.39. The minimum atomic E-state index is -0.336. The molecule has 1 N–H and O–H groups in total. The molecule has 0 aliphatic heterocycles. The lowest BCUT2D eigenvalue weighted by Crippen LogP contribution is -2.33. The van der Waals surface area contributed by atoms with E-state index in [4.69, 9.17) is 0 Å². The highest BCUT2D eigenvalue weighted by Crippen LogP contribution is 2.10. The second-order valence-corrected chi connectivity index (χ2v) is 4.39. The Hall–Kier alpha value is -2.44. The van der Waals surface area contributed by atoms with Crippen molar-refractivity contribution in [1.82, 2.24) is 24.6 Å². The fourth-order valence-electron chi connectivity index (χ4n) is 1.77. The molecule has 0 saturated heterocycles. The monoisotopic (exact) mass is 275 g/mol. The maximum atomic E-state index is 12.0. The molecule has 2 aromatic rings. The van der Waals surface area contributed by atoms with Crippen molar-refractivity contribution in [1.29, 1.82) is 0 Å². The lowest BCUT2D eigenvalue weighted by molar-refractivity contribution is -0.121. The molecule has 2 aromatic heterocycles. The first-order valence-electron chi connectivity index (χ1n) is 6.45. The Balaban J connectivity index is 2.25. The summed E-state index contributed by atoms with van der Waals surface area (Å²) in [5.74, 6) is 0.221. The third-order valence-electron chi connectivity index (χ3n) is 2.80. The zero-order valence-electron chi connectivity index (χ0n) is 11.5. The molecule has 0 bridgehead atoms. The van der Waals surface area contributed by atoms with E-state index in [0.717, 1.165) is 11.1 Å². The number of nitrogens with one attached hydrogen (secondary N) is 1. The second kappa shape index (κ2) is 6.14. The van der Waals surface area contributed by atoms with E-state index in [1.54, 1.807) is 25.4 Å². The number of hydrogen-bond donors (Lipinski definition) is 1. The first-order valence-corrected chi connectivity index (χ1v) is 6.45. The maximum absolute atomic E-state index is 12.0. The van der Waals surface area contributed by atoms with Crippen LogP contribution >= 0.6 is 0 Å². The van der Waals surface area contributed by atoms with Crippen molar-refractivity contribution in [3.05, 3.63) is 34.9 Å². The maximum Gasteiger partial charge on any atom is 0.346 e. The Morgan fingerprint density at radius 2 is 2.20 bits per heavy atom. The molecule has 0 aliphatic carbocycles. The van der Waals surface area contributed by atoms with Gasteiger partial charge >= 0.3 is 5.69 Å². The molecule has 0 atom stereocenters. The van der Waals surface area contributed by atoms with Gasteiger partial charge in [-0.15, -0.1) is 5.10 Å². The summed E-state index contributed by atoms with van der Waals surface area (Å²) in [6.45, 7) is 2.47. The van der Waals surface area contributed by atoms with E-state index in [-0.39, 0.29) is 18.1 Å². The first kappa shape index (κ1) is 14.0. The van der Waals surface area contributed by atoms with E-state index in [9.17, 15) is 9.59 Å². The number of aromatic nitrogens is 4. The number of rotatable bonds is 5. The Kier molecular flexibility index (Phi) is 4.29. The van der Waals surface area contributed by atoms with E-state index in [2.05, 4.69) is 15.4 Å². The molecule has 0 aromatic carbocycles. The van der Waals surface area contributed by atoms with Crippen molar-refractivity contribution in [2.45, 2.75) is 19.9 Å². The molecule has 7 heteroatoms. The van der Waals surface area contributed by atoms with Gasteiger partial charge in [-0.05, 0) is 18.6 Å². The fraction of sp³-hybridized carbons (Fsp3) is 0.385. The van der Waals surface area contributed by atoms with E-state index < -0.39 is 0 Å². The molecule has 0 fully saturated rings. The first-order chi connectivity index (χ1) is 9.63. The third kappa shape index (κ3) is 2.93. The van der Waals surface area contributed by atoms with Gasteiger partial charge in [0.1, 0.15) is 12.2 Å². The van der Waals surface area contributed by atoms with Crippen LogP contribution in [0.5, 0.6) is 0 Å². The summed E-state index contributed by atoms with van der Waals surface area (Å²) in [6.07, 6.45) is 2.48. The number of nitrogens with zero attached hydrogens (tertiary/aromatic N) is 4. The lowest BCUT2D eigenvalue weighted by atomic mass is 10.3. The average molecular weight is 275 g/mol. The smallest absolute Gasteiger partial charge is 0.346 e. The number of hydrogen-bond acceptors (Lipinski definition) is 4. The topological polar surface area (TPSA) is 81.8 Å². The van der Waals surface area contributed by atoms with Crippen LogP contribution in [-0.4, -0.2) is 31.8 Å². The van der Waals surface area contributed by atoms with E-state index in [1.807, 2.05) is 13.0 Å². The molecule has 1 amide bonds. The zero-order valence-corrected chi connectivity index (χ0v) is 11.5. The standard InChI is InChI=1S/C13H17N5O2/c1-3-7-15-11(19)9-18-13(20)17(2)12(16-18)10-6-4-5-8-14-10/h4-6,8H,3,7,9H2,1-2H3,(H,15,19). The predicted molar refractivity (Wildman–Crippen MR) is 74.0 cm³/mol. The van der Waals surface area contributed by atoms with Crippen LogP contribution in [0.2, 0.25) is 0 Å². The molecule has 7 nitrogen and oxygen atoms in total. The summed E-state index contributed by atoms with van der Waals surface area (Å²) in [5.41, 5.74) is 0.261. The van der Waals surface area contributed by atoms with Gasteiger partial charge < -0.3 is 5.32 Å². The van der Waals surface area contributed by atoms with Crippen molar-refractivity contribution >= 4 is 5.91 Å². The van der Waals surface area contributed by atoms with E-state index >= 15 is 0 Å². The third-order valence-corrected chi connectivity index (χ3v) is 2.80. The Morgan fingerprint density at radius 1 is 1.40 bits per heavy atom. The predicted octanol–water partition coefficient (Wildman–Crippen LogP) is 0.170. The van der Waals surface area contributed by atoms with Crippen LogP contribution in [-0.2, 0) is 18.4 Å². The lowest BCUT2D eigenvalue weighted by Gasteiger charge is -2.01. The summed E-state index contributed by atoms with van der Waals surface area (Å²) in [6, 6.07) is 5.37. The van der Waals surface area contributed by atoms with E-state index in [1.165, 1.54) is 4.57 Å². The summed E-state index contributed by atoms with van der Waals surface area (Å²) < 4.78 is 2.53. The largest absolute Gasteiger partial charge is 0.355 e. The highest BCUT2D eigenvalue weighted by molar-refractivity contribution is 5.75. The molecule has 0 aliphatic rings. The van der Waals surface area contributed by atoms with Crippen molar-refractivity contribution in [2.24, 2.45) is 7.05 Å². The highest BCUT2D eigenvalue weighted by Gasteiger charge is 2.14. The van der Waals surface area contributed by atoms with Gasteiger partial charge in [-0.2, -0.15) is 0 Å².